The number of amides is 3. The molecule has 1 heterocycles. The predicted octanol–water partition coefficient (Wildman–Crippen LogP) is 2.94. The standard InChI is InChI=1S/C26H49N3O6/c1-3-4-5-10-17-27-23(31)12-7-6-11-18-28-24(32)13-8-9-14-25(33)29-19-20-34-26-22(30)16-15-21(2)35-26/h21-22,26,30H,3-20H2,1-2H3,(H,27,31)(H,28,32)(H,29,33)/t21-,22?,26?/m0/s1. The SMILES string of the molecule is CCCCCCNC(=O)CCCCCNC(=O)CCCCC(=O)NCCOC1O[C@@H](C)CCC1O. The highest BCUT2D eigenvalue weighted by Gasteiger charge is 2.28. The van der Waals surface area contributed by atoms with Gasteiger partial charge >= 0.3 is 0 Å². The lowest BCUT2D eigenvalue weighted by Gasteiger charge is -2.31. The lowest BCUT2D eigenvalue weighted by molar-refractivity contribution is -0.235. The summed E-state index contributed by atoms with van der Waals surface area (Å²) >= 11 is 0. The fraction of sp³-hybridized carbons (Fsp3) is 0.885. The molecule has 0 bridgehead atoms. The number of hydrogen-bond donors (Lipinski definition) is 4. The van der Waals surface area contributed by atoms with Crippen molar-refractivity contribution >= 4 is 17.7 Å². The van der Waals surface area contributed by atoms with Crippen LogP contribution < -0.4 is 16.0 Å². The van der Waals surface area contributed by atoms with Crippen LogP contribution in [0.25, 0.3) is 0 Å². The molecule has 9 heteroatoms. The summed E-state index contributed by atoms with van der Waals surface area (Å²) in [7, 11) is 0. The molecule has 3 amide bonds. The van der Waals surface area contributed by atoms with Gasteiger partial charge in [-0.2, -0.15) is 0 Å². The summed E-state index contributed by atoms with van der Waals surface area (Å²) in [4.78, 5) is 35.6. The number of nitrogens with one attached hydrogen (secondary N) is 3. The van der Waals surface area contributed by atoms with E-state index < -0.39 is 12.4 Å². The van der Waals surface area contributed by atoms with Crippen molar-refractivity contribution in [3.05, 3.63) is 0 Å². The van der Waals surface area contributed by atoms with Crippen molar-refractivity contribution in [3.63, 3.8) is 0 Å². The highest BCUT2D eigenvalue weighted by molar-refractivity contribution is 5.77. The Morgan fingerprint density at radius 2 is 1.29 bits per heavy atom. The second-order valence-electron chi connectivity index (χ2n) is 9.46. The summed E-state index contributed by atoms with van der Waals surface area (Å²) in [5.41, 5.74) is 0. The van der Waals surface area contributed by atoms with Crippen LogP contribution in [0.3, 0.4) is 0 Å². The van der Waals surface area contributed by atoms with Crippen LogP contribution in [0.2, 0.25) is 0 Å². The van der Waals surface area contributed by atoms with E-state index in [1.165, 1.54) is 19.3 Å². The Morgan fingerprint density at radius 1 is 0.771 bits per heavy atom. The topological polar surface area (TPSA) is 126 Å². The van der Waals surface area contributed by atoms with Crippen LogP contribution in [0.1, 0.15) is 104 Å². The molecule has 0 aliphatic carbocycles. The predicted molar refractivity (Wildman–Crippen MR) is 136 cm³/mol. The molecule has 3 atom stereocenters. The Labute approximate surface area is 211 Å². The molecule has 4 N–H and O–H groups in total. The molecule has 2 unspecified atom stereocenters. The lowest BCUT2D eigenvalue weighted by atomic mass is 10.1. The first-order valence-electron chi connectivity index (χ1n) is 13.7. The van der Waals surface area contributed by atoms with E-state index in [-0.39, 0.29) is 30.4 Å². The minimum atomic E-state index is -0.626. The van der Waals surface area contributed by atoms with Gasteiger partial charge in [-0.05, 0) is 51.9 Å². The molecule has 204 valence electrons. The number of ether oxygens (including phenoxy) is 2. The number of unbranched alkanes of at least 4 members (excludes halogenated alkanes) is 6. The van der Waals surface area contributed by atoms with Gasteiger partial charge in [0.15, 0.2) is 6.29 Å². The summed E-state index contributed by atoms with van der Waals surface area (Å²) in [5.74, 6) is 0.0511. The highest BCUT2D eigenvalue weighted by Crippen LogP contribution is 2.19. The molecule has 35 heavy (non-hydrogen) atoms. The molecular formula is C26H49N3O6. The van der Waals surface area contributed by atoms with E-state index in [4.69, 9.17) is 9.47 Å². The van der Waals surface area contributed by atoms with Crippen molar-refractivity contribution in [2.45, 2.75) is 122 Å². The summed E-state index contributed by atoms with van der Waals surface area (Å²) in [6.45, 7) is 6.16. The second kappa shape index (κ2) is 20.5. The van der Waals surface area contributed by atoms with E-state index in [0.717, 1.165) is 38.6 Å². The molecule has 0 saturated carbocycles. The maximum atomic E-state index is 11.9. The Hall–Kier alpha value is -1.71. The van der Waals surface area contributed by atoms with Gasteiger partial charge in [-0.25, -0.2) is 0 Å². The summed E-state index contributed by atoms with van der Waals surface area (Å²) in [6.07, 6.45) is 10.2. The Morgan fingerprint density at radius 3 is 1.86 bits per heavy atom. The van der Waals surface area contributed by atoms with E-state index in [0.29, 0.717) is 51.6 Å². The maximum Gasteiger partial charge on any atom is 0.220 e. The van der Waals surface area contributed by atoms with Crippen LogP contribution in [0.5, 0.6) is 0 Å². The van der Waals surface area contributed by atoms with Crippen LogP contribution in [-0.4, -0.2) is 67.6 Å². The van der Waals surface area contributed by atoms with Gasteiger partial charge in [-0.3, -0.25) is 14.4 Å². The number of aliphatic hydroxyl groups is 1. The first-order chi connectivity index (χ1) is 16.9. The minimum Gasteiger partial charge on any atom is -0.388 e. The molecule has 1 fully saturated rings. The third kappa shape index (κ3) is 17.4. The van der Waals surface area contributed by atoms with Crippen molar-refractivity contribution < 1.29 is 29.0 Å². The van der Waals surface area contributed by atoms with E-state index in [2.05, 4.69) is 22.9 Å². The van der Waals surface area contributed by atoms with Gasteiger partial charge < -0.3 is 30.5 Å². The molecule has 1 rings (SSSR count). The summed E-state index contributed by atoms with van der Waals surface area (Å²) < 4.78 is 11.1. The molecule has 0 aromatic heterocycles. The molecule has 0 aromatic carbocycles. The lowest BCUT2D eigenvalue weighted by Crippen LogP contribution is -2.41. The van der Waals surface area contributed by atoms with Gasteiger partial charge in [-0.15, -0.1) is 0 Å². The Balaban J connectivity index is 1.88. The van der Waals surface area contributed by atoms with E-state index in [1.54, 1.807) is 0 Å². The minimum absolute atomic E-state index is 0.00361. The van der Waals surface area contributed by atoms with Crippen LogP contribution in [0, 0.1) is 0 Å². The monoisotopic (exact) mass is 499 g/mol. The third-order valence-corrected chi connectivity index (χ3v) is 6.07. The van der Waals surface area contributed by atoms with Crippen molar-refractivity contribution in [2.75, 3.05) is 26.2 Å². The maximum absolute atomic E-state index is 11.9. The number of aliphatic hydroxyl groups excluding tert-OH is 1. The molecule has 0 spiro atoms. The number of carbonyl (C=O) groups is 3. The van der Waals surface area contributed by atoms with Crippen LogP contribution in [0.4, 0.5) is 0 Å². The van der Waals surface area contributed by atoms with Crippen LogP contribution in [-0.2, 0) is 23.9 Å². The fourth-order valence-corrected chi connectivity index (χ4v) is 3.88. The largest absolute Gasteiger partial charge is 0.388 e. The number of carbonyl (C=O) groups excluding carboxylic acids is 3. The zero-order valence-corrected chi connectivity index (χ0v) is 21.9. The van der Waals surface area contributed by atoms with Gasteiger partial charge in [0.25, 0.3) is 0 Å². The van der Waals surface area contributed by atoms with Crippen molar-refractivity contribution in [1.82, 2.24) is 16.0 Å². The first-order valence-corrected chi connectivity index (χ1v) is 13.7. The quantitative estimate of drug-likeness (QED) is 0.191. The zero-order valence-electron chi connectivity index (χ0n) is 21.9. The third-order valence-electron chi connectivity index (χ3n) is 6.07. The van der Waals surface area contributed by atoms with Gasteiger partial charge in [0.2, 0.25) is 17.7 Å². The van der Waals surface area contributed by atoms with E-state index in [1.807, 2.05) is 6.92 Å². The highest BCUT2D eigenvalue weighted by atomic mass is 16.7. The molecule has 1 saturated heterocycles. The summed E-state index contributed by atoms with van der Waals surface area (Å²) in [6, 6.07) is 0. The van der Waals surface area contributed by atoms with Crippen molar-refractivity contribution in [3.8, 4) is 0 Å². The van der Waals surface area contributed by atoms with E-state index in [9.17, 15) is 19.5 Å². The number of rotatable bonds is 20. The normalized spacial score (nSPS) is 19.8. The van der Waals surface area contributed by atoms with Gasteiger partial charge in [-0.1, -0.05) is 32.6 Å². The van der Waals surface area contributed by atoms with Crippen molar-refractivity contribution in [1.29, 1.82) is 0 Å². The average molecular weight is 500 g/mol. The second-order valence-corrected chi connectivity index (χ2v) is 9.46. The Kier molecular flexibility index (Phi) is 18.3. The summed E-state index contributed by atoms with van der Waals surface area (Å²) in [5, 5.41) is 18.5. The smallest absolute Gasteiger partial charge is 0.220 e. The molecule has 1 aliphatic rings. The van der Waals surface area contributed by atoms with Gasteiger partial charge in [0, 0.05) is 38.9 Å². The van der Waals surface area contributed by atoms with Crippen molar-refractivity contribution in [2.24, 2.45) is 0 Å². The molecule has 1 aliphatic heterocycles. The van der Waals surface area contributed by atoms with Crippen LogP contribution in [0.15, 0.2) is 0 Å². The van der Waals surface area contributed by atoms with E-state index >= 15 is 0 Å². The average Bonchev–Trinajstić information content (AvgIpc) is 2.83. The molecule has 0 aromatic rings. The fourth-order valence-electron chi connectivity index (χ4n) is 3.88. The molecule has 0 radical (unpaired) electrons. The number of hydrogen-bond acceptors (Lipinski definition) is 6. The van der Waals surface area contributed by atoms with Gasteiger partial charge in [0.1, 0.15) is 6.10 Å². The first kappa shape index (κ1) is 31.3. The molecular weight excluding hydrogens is 450 g/mol. The zero-order chi connectivity index (χ0) is 25.7. The Bertz CT molecular complexity index is 589. The molecule has 9 nitrogen and oxygen atoms in total. The van der Waals surface area contributed by atoms with Gasteiger partial charge in [0.05, 0.1) is 12.7 Å². The van der Waals surface area contributed by atoms with Crippen LogP contribution >= 0.6 is 0 Å².